The zero-order valence-corrected chi connectivity index (χ0v) is 12.9. The van der Waals surface area contributed by atoms with Gasteiger partial charge in [-0.3, -0.25) is 4.79 Å². The Morgan fingerprint density at radius 1 is 1.26 bits per heavy atom. The molecule has 6 heteroatoms. The first-order valence-electron chi connectivity index (χ1n) is 5.97. The lowest BCUT2D eigenvalue weighted by Gasteiger charge is -2.14. The summed E-state index contributed by atoms with van der Waals surface area (Å²) in [5.41, 5.74) is 0. The standard InChI is InChI=1S/C13H15BrO4S/c1-18-13(15)9-7-11(14)12(8-9)19(16,17)10-5-3-2-4-6-10/h2-6,9,11-12H,7-8H2,1H3. The number of carbonyl (C=O) groups is 1. The number of hydrogen-bond donors (Lipinski definition) is 0. The van der Waals surface area contributed by atoms with Crippen molar-refractivity contribution in [2.45, 2.75) is 27.8 Å². The summed E-state index contributed by atoms with van der Waals surface area (Å²) in [6.45, 7) is 0. The molecule has 0 N–H and O–H groups in total. The van der Waals surface area contributed by atoms with Crippen LogP contribution in [0.3, 0.4) is 0 Å². The predicted octanol–water partition coefficient (Wildman–Crippen LogP) is 2.18. The summed E-state index contributed by atoms with van der Waals surface area (Å²) in [6, 6.07) is 8.34. The smallest absolute Gasteiger partial charge is 0.308 e. The van der Waals surface area contributed by atoms with Crippen LogP contribution in [0.1, 0.15) is 12.8 Å². The van der Waals surface area contributed by atoms with Crippen molar-refractivity contribution in [2.75, 3.05) is 7.11 Å². The van der Waals surface area contributed by atoms with Gasteiger partial charge in [0.25, 0.3) is 0 Å². The largest absolute Gasteiger partial charge is 0.469 e. The minimum absolute atomic E-state index is 0.221. The average Bonchev–Trinajstić information content (AvgIpc) is 2.81. The molecule has 0 heterocycles. The van der Waals surface area contributed by atoms with E-state index >= 15 is 0 Å². The molecule has 1 fully saturated rings. The summed E-state index contributed by atoms with van der Waals surface area (Å²) in [6.07, 6.45) is 0.795. The van der Waals surface area contributed by atoms with Gasteiger partial charge in [0, 0.05) is 4.83 Å². The van der Waals surface area contributed by atoms with E-state index < -0.39 is 15.1 Å². The Bertz CT molecular complexity index is 555. The van der Waals surface area contributed by atoms with Crippen LogP contribution in [0.15, 0.2) is 35.2 Å². The van der Waals surface area contributed by atoms with E-state index in [2.05, 4.69) is 15.9 Å². The third-order valence-corrected chi connectivity index (χ3v) is 7.04. The summed E-state index contributed by atoms with van der Waals surface area (Å²) < 4.78 is 29.7. The number of ether oxygens (including phenoxy) is 1. The third-order valence-electron chi connectivity index (χ3n) is 3.43. The fraction of sp³-hybridized carbons (Fsp3) is 0.462. The highest BCUT2D eigenvalue weighted by atomic mass is 79.9. The van der Waals surface area contributed by atoms with Crippen molar-refractivity contribution < 1.29 is 17.9 Å². The summed E-state index contributed by atoms with van der Waals surface area (Å²) in [5.74, 6) is -0.687. The maximum Gasteiger partial charge on any atom is 0.308 e. The van der Waals surface area contributed by atoms with Crippen molar-refractivity contribution in [1.82, 2.24) is 0 Å². The van der Waals surface area contributed by atoms with Crippen molar-refractivity contribution in [3.63, 3.8) is 0 Å². The molecule has 3 unspecified atom stereocenters. The molecular formula is C13H15BrO4S. The molecule has 1 aliphatic rings. The minimum atomic E-state index is -3.42. The van der Waals surface area contributed by atoms with Gasteiger partial charge in [-0.1, -0.05) is 34.1 Å². The molecule has 1 aromatic rings. The van der Waals surface area contributed by atoms with Crippen LogP contribution in [0.5, 0.6) is 0 Å². The number of esters is 1. The highest BCUT2D eigenvalue weighted by Gasteiger charge is 2.44. The Hall–Kier alpha value is -0.880. The topological polar surface area (TPSA) is 60.4 Å². The molecule has 0 amide bonds. The number of rotatable bonds is 3. The van der Waals surface area contributed by atoms with Crippen molar-refractivity contribution in [2.24, 2.45) is 5.92 Å². The summed E-state index contributed by atoms with van der Waals surface area (Å²) in [4.78, 5) is 11.6. The molecule has 19 heavy (non-hydrogen) atoms. The number of benzene rings is 1. The highest BCUT2D eigenvalue weighted by molar-refractivity contribution is 9.09. The third kappa shape index (κ3) is 2.84. The first-order chi connectivity index (χ1) is 8.96. The molecule has 0 spiro atoms. The van der Waals surface area contributed by atoms with Crippen molar-refractivity contribution in [3.05, 3.63) is 30.3 Å². The van der Waals surface area contributed by atoms with E-state index in [4.69, 9.17) is 4.74 Å². The molecule has 1 saturated carbocycles. The second-order valence-corrected chi connectivity index (χ2v) is 7.95. The van der Waals surface area contributed by atoms with Crippen LogP contribution < -0.4 is 0 Å². The monoisotopic (exact) mass is 346 g/mol. The Labute approximate surface area is 121 Å². The molecule has 1 aromatic carbocycles. The van der Waals surface area contributed by atoms with Gasteiger partial charge < -0.3 is 4.74 Å². The Morgan fingerprint density at radius 2 is 1.89 bits per heavy atom. The van der Waals surface area contributed by atoms with Crippen molar-refractivity contribution in [3.8, 4) is 0 Å². The number of sulfone groups is 1. The highest BCUT2D eigenvalue weighted by Crippen LogP contribution is 2.38. The van der Waals surface area contributed by atoms with Crippen LogP contribution in [0.4, 0.5) is 0 Å². The predicted molar refractivity (Wildman–Crippen MR) is 74.9 cm³/mol. The Kier molecular flexibility index (Phi) is 4.30. The lowest BCUT2D eigenvalue weighted by atomic mass is 10.1. The number of hydrogen-bond acceptors (Lipinski definition) is 4. The van der Waals surface area contributed by atoms with Crippen LogP contribution in [-0.4, -0.2) is 31.6 Å². The van der Waals surface area contributed by atoms with Crippen LogP contribution in [0, 0.1) is 5.92 Å². The van der Waals surface area contributed by atoms with Crippen LogP contribution in [0.2, 0.25) is 0 Å². The summed E-state index contributed by atoms with van der Waals surface area (Å²) in [5, 5.41) is -0.584. The fourth-order valence-electron chi connectivity index (χ4n) is 2.41. The molecule has 3 atom stereocenters. The molecule has 0 aromatic heterocycles. The summed E-state index contributed by atoms with van der Waals surface area (Å²) in [7, 11) is -2.09. The number of alkyl halides is 1. The van der Waals surface area contributed by atoms with E-state index in [0.717, 1.165) is 0 Å². The number of carbonyl (C=O) groups excluding carboxylic acids is 1. The molecule has 2 rings (SSSR count). The fourth-order valence-corrected chi connectivity index (χ4v) is 5.80. The van der Waals surface area contributed by atoms with Gasteiger partial charge in [0.05, 0.1) is 23.2 Å². The van der Waals surface area contributed by atoms with E-state index in [9.17, 15) is 13.2 Å². The van der Waals surface area contributed by atoms with E-state index in [1.165, 1.54) is 7.11 Å². The minimum Gasteiger partial charge on any atom is -0.469 e. The molecule has 0 saturated heterocycles. The Balaban J connectivity index is 2.25. The molecule has 0 bridgehead atoms. The molecule has 1 aliphatic carbocycles. The van der Waals surface area contributed by atoms with E-state index in [1.807, 2.05) is 0 Å². The van der Waals surface area contributed by atoms with Gasteiger partial charge in [0.15, 0.2) is 9.84 Å². The quantitative estimate of drug-likeness (QED) is 0.621. The summed E-state index contributed by atoms with van der Waals surface area (Å²) >= 11 is 3.39. The van der Waals surface area contributed by atoms with Gasteiger partial charge in [0.1, 0.15) is 0 Å². The van der Waals surface area contributed by atoms with Gasteiger partial charge >= 0.3 is 5.97 Å². The van der Waals surface area contributed by atoms with Gasteiger partial charge in [0.2, 0.25) is 0 Å². The maximum atomic E-state index is 12.5. The van der Waals surface area contributed by atoms with Crippen LogP contribution in [0.25, 0.3) is 0 Å². The second-order valence-electron chi connectivity index (χ2n) is 4.60. The van der Waals surface area contributed by atoms with Gasteiger partial charge in [-0.2, -0.15) is 0 Å². The molecule has 4 nitrogen and oxygen atoms in total. The lowest BCUT2D eigenvalue weighted by Crippen LogP contribution is -2.25. The Morgan fingerprint density at radius 3 is 2.47 bits per heavy atom. The molecule has 0 radical (unpaired) electrons. The van der Waals surface area contributed by atoms with Gasteiger partial charge in [-0.05, 0) is 25.0 Å². The van der Waals surface area contributed by atoms with Gasteiger partial charge in [-0.25, -0.2) is 8.42 Å². The molecular weight excluding hydrogens is 332 g/mol. The number of halogens is 1. The molecule has 104 valence electrons. The van der Waals surface area contributed by atoms with Gasteiger partial charge in [-0.15, -0.1) is 0 Å². The van der Waals surface area contributed by atoms with E-state index in [-0.39, 0.29) is 16.7 Å². The normalized spacial score (nSPS) is 27.2. The average molecular weight is 347 g/mol. The first kappa shape index (κ1) is 14.5. The number of methoxy groups -OCH3 is 1. The first-order valence-corrected chi connectivity index (χ1v) is 8.44. The van der Waals surface area contributed by atoms with Crippen molar-refractivity contribution in [1.29, 1.82) is 0 Å². The zero-order valence-electron chi connectivity index (χ0n) is 10.5. The SMILES string of the molecule is COC(=O)C1CC(Br)C(S(=O)(=O)c2ccccc2)C1. The second kappa shape index (κ2) is 5.63. The van der Waals surface area contributed by atoms with Crippen LogP contribution >= 0.6 is 15.9 Å². The lowest BCUT2D eigenvalue weighted by molar-refractivity contribution is -0.145. The van der Waals surface area contributed by atoms with Crippen molar-refractivity contribution >= 4 is 31.7 Å². The van der Waals surface area contributed by atoms with Crippen LogP contribution in [-0.2, 0) is 19.4 Å². The van der Waals surface area contributed by atoms with E-state index in [1.54, 1.807) is 30.3 Å². The molecule has 0 aliphatic heterocycles. The van der Waals surface area contributed by atoms with E-state index in [0.29, 0.717) is 17.7 Å². The maximum absolute atomic E-state index is 12.5. The zero-order chi connectivity index (χ0) is 14.0.